The summed E-state index contributed by atoms with van der Waals surface area (Å²) < 4.78 is 31.2. The Morgan fingerprint density at radius 2 is 1.31 bits per heavy atom. The van der Waals surface area contributed by atoms with Crippen LogP contribution in [0, 0.1) is 11.8 Å². The minimum atomic E-state index is -1.41. The second-order valence-corrected chi connectivity index (χ2v) is 10.3. The van der Waals surface area contributed by atoms with E-state index < -0.39 is 42.3 Å². The van der Waals surface area contributed by atoms with Crippen molar-refractivity contribution in [3.05, 3.63) is 23.8 Å². The van der Waals surface area contributed by atoms with Gasteiger partial charge in [0.15, 0.2) is 11.5 Å². The van der Waals surface area contributed by atoms with Crippen LogP contribution < -0.4 is 15.2 Å². The van der Waals surface area contributed by atoms with Gasteiger partial charge in [0.25, 0.3) is 0 Å². The molecule has 0 saturated heterocycles. The molecule has 3 unspecified atom stereocenters. The fourth-order valence-corrected chi connectivity index (χ4v) is 3.87. The van der Waals surface area contributed by atoms with Crippen LogP contribution in [0.5, 0.6) is 11.5 Å². The monoisotopic (exact) mass is 597 g/mol. The molecule has 0 fully saturated rings. The lowest BCUT2D eigenvalue weighted by atomic mass is 9.82. The Morgan fingerprint density at radius 3 is 1.83 bits per heavy atom. The highest BCUT2D eigenvalue weighted by atomic mass is 16.7. The van der Waals surface area contributed by atoms with E-state index in [4.69, 9.17) is 34.2 Å². The van der Waals surface area contributed by atoms with Gasteiger partial charge in [-0.2, -0.15) is 0 Å². The number of benzene rings is 1. The van der Waals surface area contributed by atoms with Crippen LogP contribution >= 0.6 is 0 Å². The number of ether oxygens (including phenoxy) is 6. The lowest BCUT2D eigenvalue weighted by Crippen LogP contribution is -2.40. The van der Waals surface area contributed by atoms with Crippen LogP contribution in [0.25, 0.3) is 0 Å². The van der Waals surface area contributed by atoms with E-state index in [1.807, 2.05) is 27.7 Å². The fraction of sp³-hybridized carbons (Fsp3) is 0.667. The number of nitrogens with two attached hydrogens (primary N) is 1. The average Bonchev–Trinajstić information content (AvgIpc) is 2.96. The Kier molecular flexibility index (Phi) is 17.7. The highest BCUT2D eigenvalue weighted by molar-refractivity contribution is 5.75. The first-order valence-corrected chi connectivity index (χ1v) is 14.6. The molecule has 42 heavy (non-hydrogen) atoms. The Balaban J connectivity index is 3.20. The van der Waals surface area contributed by atoms with E-state index in [9.17, 15) is 24.3 Å². The van der Waals surface area contributed by atoms with Crippen LogP contribution in [0.3, 0.4) is 0 Å². The molecule has 0 aliphatic heterocycles. The zero-order valence-electron chi connectivity index (χ0n) is 25.4. The molecule has 0 saturated carbocycles. The highest BCUT2D eigenvalue weighted by Crippen LogP contribution is 2.36. The summed E-state index contributed by atoms with van der Waals surface area (Å²) in [6.45, 7) is 9.88. The molecule has 1 aromatic rings. The number of hydrogen-bond acceptors (Lipinski definition) is 11. The van der Waals surface area contributed by atoms with Gasteiger partial charge in [-0.3, -0.25) is 4.79 Å². The van der Waals surface area contributed by atoms with Gasteiger partial charge in [-0.05, 0) is 42.4 Å². The SMILES string of the molecule is CCCCCOC(=O)Oc1ccc(C(C(C)COC(=O)OCC(C)CC)[C@H](N)C(=O)O)cc1OC(=O)OCCCCC. The maximum absolute atomic E-state index is 12.4. The van der Waals surface area contributed by atoms with E-state index in [1.165, 1.54) is 18.2 Å². The standard InChI is InChI=1S/C30H47NO11/c1-6-9-11-15-37-29(35)41-23-14-13-22(17-24(23)42-30(36)38-16-12-10-7-2)25(26(31)27(32)33)21(5)19-40-28(34)39-18-20(4)8-3/h13-14,17,20-21,25-26H,6-12,15-16,18-19,31H2,1-5H3,(H,32,33)/t20?,21?,25?,26-/m0/s1. The number of unbranched alkanes of at least 4 members (excludes halogenated alkanes) is 4. The first-order chi connectivity index (χ1) is 20.0. The maximum Gasteiger partial charge on any atom is 0.513 e. The topological polar surface area (TPSA) is 170 Å². The summed E-state index contributed by atoms with van der Waals surface area (Å²) >= 11 is 0. The normalized spacial score (nSPS) is 13.7. The van der Waals surface area contributed by atoms with Crippen molar-refractivity contribution < 1.29 is 52.7 Å². The summed E-state index contributed by atoms with van der Waals surface area (Å²) in [5.41, 5.74) is 6.39. The van der Waals surface area contributed by atoms with Crippen LogP contribution in [-0.4, -0.2) is 62.0 Å². The molecule has 0 amide bonds. The van der Waals surface area contributed by atoms with Crippen molar-refractivity contribution in [2.45, 2.75) is 91.5 Å². The number of carboxylic acid groups (broad SMARTS) is 1. The molecule has 12 nitrogen and oxygen atoms in total. The molecule has 4 atom stereocenters. The summed E-state index contributed by atoms with van der Waals surface area (Å²) in [6.07, 6.45) is 2.86. The van der Waals surface area contributed by atoms with E-state index in [0.717, 1.165) is 32.1 Å². The van der Waals surface area contributed by atoms with Gasteiger partial charge in [0.05, 0.1) is 26.4 Å². The molecule has 3 N–H and O–H groups in total. The van der Waals surface area contributed by atoms with Crippen molar-refractivity contribution in [3.8, 4) is 11.5 Å². The molecule has 0 bridgehead atoms. The fourth-order valence-electron chi connectivity index (χ4n) is 3.87. The third-order valence-electron chi connectivity index (χ3n) is 6.61. The predicted octanol–water partition coefficient (Wildman–Crippen LogP) is 6.43. The minimum absolute atomic E-state index is 0.134. The first kappa shape index (κ1) is 36.5. The summed E-state index contributed by atoms with van der Waals surface area (Å²) in [4.78, 5) is 48.7. The summed E-state index contributed by atoms with van der Waals surface area (Å²) in [7, 11) is 0. The van der Waals surface area contributed by atoms with Gasteiger partial charge in [-0.25, -0.2) is 14.4 Å². The van der Waals surface area contributed by atoms with E-state index >= 15 is 0 Å². The lowest BCUT2D eigenvalue weighted by molar-refractivity contribution is -0.139. The number of aliphatic carboxylic acids is 1. The number of carbonyl (C=O) groups is 4. The van der Waals surface area contributed by atoms with Crippen molar-refractivity contribution in [2.24, 2.45) is 17.6 Å². The van der Waals surface area contributed by atoms with Crippen molar-refractivity contribution >= 4 is 24.4 Å². The van der Waals surface area contributed by atoms with Gasteiger partial charge in [0.1, 0.15) is 6.04 Å². The molecule has 0 spiro atoms. The summed E-state index contributed by atoms with van der Waals surface area (Å²) in [5.74, 6) is -2.96. The van der Waals surface area contributed by atoms with Gasteiger partial charge in [-0.1, -0.05) is 72.8 Å². The van der Waals surface area contributed by atoms with Crippen LogP contribution in [0.15, 0.2) is 18.2 Å². The third-order valence-corrected chi connectivity index (χ3v) is 6.61. The number of carboxylic acids is 1. The smallest absolute Gasteiger partial charge is 0.480 e. The quantitative estimate of drug-likeness (QED) is 0.0776. The number of rotatable bonds is 19. The molecule has 12 heteroatoms. The van der Waals surface area contributed by atoms with Crippen molar-refractivity contribution in [2.75, 3.05) is 26.4 Å². The summed E-state index contributed by atoms with van der Waals surface area (Å²) in [5, 5.41) is 9.71. The molecular weight excluding hydrogens is 550 g/mol. The van der Waals surface area contributed by atoms with Crippen molar-refractivity contribution in [1.29, 1.82) is 0 Å². The minimum Gasteiger partial charge on any atom is -0.480 e. The Bertz CT molecular complexity index is 984. The molecule has 0 heterocycles. The van der Waals surface area contributed by atoms with Crippen LogP contribution in [0.4, 0.5) is 14.4 Å². The van der Waals surface area contributed by atoms with Gasteiger partial charge in [-0.15, -0.1) is 0 Å². The Labute approximate surface area is 248 Å². The third kappa shape index (κ3) is 13.9. The zero-order valence-corrected chi connectivity index (χ0v) is 25.4. The van der Waals surface area contributed by atoms with E-state index in [2.05, 4.69) is 0 Å². The van der Waals surface area contributed by atoms with Crippen molar-refractivity contribution in [3.63, 3.8) is 0 Å². The van der Waals surface area contributed by atoms with Gasteiger partial charge in [0.2, 0.25) is 0 Å². The van der Waals surface area contributed by atoms with Crippen LogP contribution in [0.1, 0.15) is 91.0 Å². The second kappa shape index (κ2) is 20.4. The molecule has 0 aliphatic rings. The first-order valence-electron chi connectivity index (χ1n) is 14.6. The number of carbonyl (C=O) groups excluding carboxylic acids is 3. The van der Waals surface area contributed by atoms with Crippen LogP contribution in [-0.2, 0) is 23.7 Å². The molecule has 1 rings (SSSR count). The summed E-state index contributed by atoms with van der Waals surface area (Å²) in [6, 6.07) is 2.77. The molecule has 1 aromatic carbocycles. The Morgan fingerprint density at radius 1 is 0.762 bits per heavy atom. The Hall–Kier alpha value is -3.54. The largest absolute Gasteiger partial charge is 0.513 e. The lowest BCUT2D eigenvalue weighted by Gasteiger charge is -2.28. The molecule has 238 valence electrons. The molecule has 0 aromatic heterocycles. The molecule has 0 aliphatic carbocycles. The van der Waals surface area contributed by atoms with Crippen LogP contribution in [0.2, 0.25) is 0 Å². The van der Waals surface area contributed by atoms with Gasteiger partial charge >= 0.3 is 24.4 Å². The van der Waals surface area contributed by atoms with Gasteiger partial charge in [0, 0.05) is 5.92 Å². The number of hydrogen-bond donors (Lipinski definition) is 2. The van der Waals surface area contributed by atoms with Crippen molar-refractivity contribution in [1.82, 2.24) is 0 Å². The predicted molar refractivity (Wildman–Crippen MR) is 154 cm³/mol. The second-order valence-electron chi connectivity index (χ2n) is 10.3. The molecule has 0 radical (unpaired) electrons. The zero-order chi connectivity index (χ0) is 31.5. The van der Waals surface area contributed by atoms with E-state index in [0.29, 0.717) is 18.4 Å². The maximum atomic E-state index is 12.4. The average molecular weight is 598 g/mol. The highest BCUT2D eigenvalue weighted by Gasteiger charge is 2.33. The van der Waals surface area contributed by atoms with E-state index in [1.54, 1.807) is 6.92 Å². The van der Waals surface area contributed by atoms with Gasteiger partial charge < -0.3 is 39.3 Å². The molecular formula is C30H47NO11. The van der Waals surface area contributed by atoms with E-state index in [-0.39, 0.29) is 43.8 Å².